The lowest BCUT2D eigenvalue weighted by Gasteiger charge is -2.12. The van der Waals surface area contributed by atoms with Crippen molar-refractivity contribution in [3.05, 3.63) is 47.0 Å². The fraction of sp³-hybridized carbons (Fsp3) is 0.222. The predicted octanol–water partition coefficient (Wildman–Crippen LogP) is 3.33. The second kappa shape index (κ2) is 9.75. The smallest absolute Gasteiger partial charge is 0.387 e. The molecule has 28 heavy (non-hydrogen) atoms. The van der Waals surface area contributed by atoms with Gasteiger partial charge in [-0.25, -0.2) is 0 Å². The van der Waals surface area contributed by atoms with Crippen LogP contribution in [0.3, 0.4) is 0 Å². The molecule has 0 saturated carbocycles. The Morgan fingerprint density at radius 3 is 2.32 bits per heavy atom. The molecule has 0 radical (unpaired) electrons. The molecule has 150 valence electrons. The quantitative estimate of drug-likeness (QED) is 0.692. The largest absolute Gasteiger partial charge is 0.495 e. The molecule has 7 nitrogen and oxygen atoms in total. The van der Waals surface area contributed by atoms with Crippen molar-refractivity contribution in [1.82, 2.24) is 5.32 Å². The number of hydrogen-bond acceptors (Lipinski definition) is 5. The number of anilines is 1. The molecule has 0 atom stereocenters. The summed E-state index contributed by atoms with van der Waals surface area (Å²) in [5.74, 6) is -0.862. The molecule has 2 aromatic rings. The van der Waals surface area contributed by atoms with Crippen LogP contribution in [0.1, 0.15) is 10.4 Å². The van der Waals surface area contributed by atoms with Crippen molar-refractivity contribution in [2.24, 2.45) is 0 Å². The van der Waals surface area contributed by atoms with E-state index in [4.69, 9.17) is 21.1 Å². The van der Waals surface area contributed by atoms with E-state index in [9.17, 15) is 18.4 Å². The van der Waals surface area contributed by atoms with Gasteiger partial charge in [-0.05, 0) is 36.4 Å². The number of benzene rings is 2. The van der Waals surface area contributed by atoms with Gasteiger partial charge in [0.25, 0.3) is 5.91 Å². The Morgan fingerprint density at radius 2 is 1.71 bits per heavy atom. The highest BCUT2D eigenvalue weighted by molar-refractivity contribution is 6.32. The minimum absolute atomic E-state index is 0.0368. The minimum atomic E-state index is -3.02. The normalized spacial score (nSPS) is 10.4. The van der Waals surface area contributed by atoms with Crippen LogP contribution in [0.4, 0.5) is 14.5 Å². The van der Waals surface area contributed by atoms with Gasteiger partial charge in [-0.2, -0.15) is 8.78 Å². The maximum absolute atomic E-state index is 12.3. The lowest BCUT2D eigenvalue weighted by Crippen LogP contribution is -2.32. The SMILES string of the molecule is COc1ccc(NC(=O)CNC(=O)c2ccc(OC(F)F)c(OC)c2)cc1Cl. The summed E-state index contributed by atoms with van der Waals surface area (Å²) in [5, 5.41) is 5.31. The van der Waals surface area contributed by atoms with E-state index in [0.29, 0.717) is 16.5 Å². The van der Waals surface area contributed by atoms with Crippen molar-refractivity contribution < 1.29 is 32.6 Å². The highest BCUT2D eigenvalue weighted by Gasteiger charge is 2.15. The Labute approximate surface area is 164 Å². The number of amides is 2. The van der Waals surface area contributed by atoms with Gasteiger partial charge in [0.1, 0.15) is 5.75 Å². The summed E-state index contributed by atoms with van der Waals surface area (Å²) in [5.41, 5.74) is 0.541. The average molecular weight is 415 g/mol. The van der Waals surface area contributed by atoms with Gasteiger partial charge in [0.2, 0.25) is 5.91 Å². The topological polar surface area (TPSA) is 85.9 Å². The molecule has 0 aliphatic heterocycles. The Bertz CT molecular complexity index is 864. The molecule has 0 aliphatic rings. The van der Waals surface area contributed by atoms with Gasteiger partial charge < -0.3 is 24.8 Å². The number of carbonyl (C=O) groups excluding carboxylic acids is 2. The van der Waals surface area contributed by atoms with E-state index in [1.807, 2.05) is 0 Å². The molecule has 0 aromatic heterocycles. The molecule has 2 aromatic carbocycles. The average Bonchev–Trinajstić information content (AvgIpc) is 2.66. The molecular formula is C18H17ClF2N2O5. The Balaban J connectivity index is 1.95. The molecule has 0 aliphatic carbocycles. The standard InChI is InChI=1S/C18H17ClF2N2O5/c1-26-13-6-4-11(8-12(13)19)23-16(24)9-22-17(25)10-3-5-14(28-18(20)21)15(7-10)27-2/h3-8,18H,9H2,1-2H3,(H,22,25)(H,23,24). The lowest BCUT2D eigenvalue weighted by molar-refractivity contribution is -0.115. The summed E-state index contributed by atoms with van der Waals surface area (Å²) >= 11 is 5.98. The third kappa shape index (κ3) is 5.71. The molecule has 2 rings (SSSR count). The number of hydrogen-bond donors (Lipinski definition) is 2. The van der Waals surface area contributed by atoms with Crippen molar-refractivity contribution in [2.45, 2.75) is 6.61 Å². The van der Waals surface area contributed by atoms with Gasteiger partial charge in [-0.3, -0.25) is 9.59 Å². The molecule has 2 amide bonds. The molecule has 0 spiro atoms. The van der Waals surface area contributed by atoms with Gasteiger partial charge in [-0.1, -0.05) is 11.6 Å². The first-order valence-corrected chi connectivity index (χ1v) is 8.26. The minimum Gasteiger partial charge on any atom is -0.495 e. The first-order valence-electron chi connectivity index (χ1n) is 7.88. The second-order valence-electron chi connectivity index (χ2n) is 5.32. The molecular weight excluding hydrogens is 398 g/mol. The first-order chi connectivity index (χ1) is 13.3. The maximum atomic E-state index is 12.3. The summed E-state index contributed by atoms with van der Waals surface area (Å²) in [6.45, 7) is -3.34. The van der Waals surface area contributed by atoms with Gasteiger partial charge in [0.15, 0.2) is 11.5 Å². The Kier molecular flexibility index (Phi) is 7.39. The molecule has 0 bridgehead atoms. The molecule has 0 fully saturated rings. The molecule has 0 heterocycles. The molecule has 0 saturated heterocycles. The van der Waals surface area contributed by atoms with E-state index >= 15 is 0 Å². The van der Waals surface area contributed by atoms with Crippen molar-refractivity contribution >= 4 is 29.1 Å². The van der Waals surface area contributed by atoms with Crippen molar-refractivity contribution in [3.8, 4) is 17.2 Å². The number of methoxy groups -OCH3 is 2. The van der Waals surface area contributed by atoms with E-state index in [0.717, 1.165) is 0 Å². The zero-order chi connectivity index (χ0) is 20.7. The summed E-state index contributed by atoms with van der Waals surface area (Å²) in [4.78, 5) is 24.2. The van der Waals surface area contributed by atoms with E-state index in [-0.39, 0.29) is 23.6 Å². The fourth-order valence-corrected chi connectivity index (χ4v) is 2.47. The van der Waals surface area contributed by atoms with E-state index in [2.05, 4.69) is 15.4 Å². The van der Waals surface area contributed by atoms with E-state index in [1.165, 1.54) is 38.5 Å². The summed E-state index contributed by atoms with van der Waals surface area (Å²) in [6, 6.07) is 8.37. The van der Waals surface area contributed by atoms with Crippen LogP contribution in [0.15, 0.2) is 36.4 Å². The van der Waals surface area contributed by atoms with Crippen molar-refractivity contribution in [2.75, 3.05) is 26.1 Å². The predicted molar refractivity (Wildman–Crippen MR) is 98.6 cm³/mol. The Morgan fingerprint density at radius 1 is 1.04 bits per heavy atom. The first kappa shape index (κ1) is 21.2. The van der Waals surface area contributed by atoms with E-state index in [1.54, 1.807) is 12.1 Å². The highest BCUT2D eigenvalue weighted by atomic mass is 35.5. The second-order valence-corrected chi connectivity index (χ2v) is 5.73. The summed E-state index contributed by atoms with van der Waals surface area (Å²) in [7, 11) is 2.72. The van der Waals surface area contributed by atoms with Crippen molar-refractivity contribution in [3.63, 3.8) is 0 Å². The number of rotatable bonds is 8. The van der Waals surface area contributed by atoms with Crippen LogP contribution < -0.4 is 24.8 Å². The van der Waals surface area contributed by atoms with Crippen LogP contribution in [0, 0.1) is 0 Å². The maximum Gasteiger partial charge on any atom is 0.387 e. The van der Waals surface area contributed by atoms with Crippen LogP contribution in [-0.4, -0.2) is 39.2 Å². The van der Waals surface area contributed by atoms with Crippen molar-refractivity contribution in [1.29, 1.82) is 0 Å². The number of ether oxygens (including phenoxy) is 3. The third-order valence-corrected chi connectivity index (χ3v) is 3.78. The van der Waals surface area contributed by atoms with E-state index < -0.39 is 18.4 Å². The molecule has 10 heteroatoms. The van der Waals surface area contributed by atoms with Gasteiger partial charge in [0.05, 0.1) is 25.8 Å². The van der Waals surface area contributed by atoms with Gasteiger partial charge in [0, 0.05) is 11.3 Å². The van der Waals surface area contributed by atoms with Crippen LogP contribution in [0.2, 0.25) is 5.02 Å². The molecule has 2 N–H and O–H groups in total. The number of alkyl halides is 2. The highest BCUT2D eigenvalue weighted by Crippen LogP contribution is 2.29. The van der Waals surface area contributed by atoms with Crippen LogP contribution in [-0.2, 0) is 4.79 Å². The summed E-state index contributed by atoms with van der Waals surface area (Å²) in [6.07, 6.45) is 0. The monoisotopic (exact) mass is 414 g/mol. The summed E-state index contributed by atoms with van der Waals surface area (Å²) < 4.78 is 38.9. The zero-order valence-corrected chi connectivity index (χ0v) is 15.7. The number of halogens is 3. The van der Waals surface area contributed by atoms with Gasteiger partial charge in [-0.15, -0.1) is 0 Å². The Hall–Kier alpha value is -3.07. The third-order valence-electron chi connectivity index (χ3n) is 3.49. The zero-order valence-electron chi connectivity index (χ0n) is 14.9. The van der Waals surface area contributed by atoms with Gasteiger partial charge >= 0.3 is 6.61 Å². The number of carbonyl (C=O) groups is 2. The molecule has 0 unspecified atom stereocenters. The fourth-order valence-electron chi connectivity index (χ4n) is 2.21. The number of nitrogens with one attached hydrogen (secondary N) is 2. The van der Waals surface area contributed by atoms with Crippen LogP contribution >= 0.6 is 11.6 Å². The lowest BCUT2D eigenvalue weighted by atomic mass is 10.2. The van der Waals surface area contributed by atoms with Crippen LogP contribution in [0.25, 0.3) is 0 Å². The van der Waals surface area contributed by atoms with Crippen LogP contribution in [0.5, 0.6) is 17.2 Å².